The third-order valence-electron chi connectivity index (χ3n) is 2.89. The van der Waals surface area contributed by atoms with Gasteiger partial charge in [0.2, 0.25) is 5.91 Å². The summed E-state index contributed by atoms with van der Waals surface area (Å²) in [6, 6.07) is 0. The Morgan fingerprint density at radius 3 is 2.47 bits per heavy atom. The first-order valence-electron chi connectivity index (χ1n) is 5.20. The molecule has 0 radical (unpaired) electrons. The number of rotatable bonds is 5. The number of amides is 1. The van der Waals surface area contributed by atoms with E-state index in [1.165, 1.54) is 6.92 Å². The third-order valence-corrected chi connectivity index (χ3v) is 2.89. The Morgan fingerprint density at radius 1 is 1.53 bits per heavy atom. The van der Waals surface area contributed by atoms with Gasteiger partial charge in [0.25, 0.3) is 0 Å². The Balaban J connectivity index is 2.42. The average Bonchev–Trinajstić information content (AvgIpc) is 2.97. The van der Waals surface area contributed by atoms with Gasteiger partial charge in [0, 0.05) is 6.54 Å². The Bertz CT molecular complexity index is 247. The quantitative estimate of drug-likeness (QED) is 0.472. The van der Waals surface area contributed by atoms with Crippen LogP contribution in [0.5, 0.6) is 0 Å². The van der Waals surface area contributed by atoms with E-state index in [1.54, 1.807) is 6.92 Å². The molecule has 1 saturated carbocycles. The van der Waals surface area contributed by atoms with Gasteiger partial charge in [0.05, 0.1) is 12.1 Å². The van der Waals surface area contributed by atoms with Crippen molar-refractivity contribution in [1.82, 2.24) is 5.32 Å². The molecule has 1 aliphatic rings. The van der Waals surface area contributed by atoms with E-state index < -0.39 is 17.7 Å². The van der Waals surface area contributed by atoms with Gasteiger partial charge in [-0.2, -0.15) is 0 Å². The summed E-state index contributed by atoms with van der Waals surface area (Å²) in [7, 11) is 0. The van der Waals surface area contributed by atoms with Crippen molar-refractivity contribution in [1.29, 1.82) is 0 Å². The monoisotopic (exact) mass is 216 g/mol. The molecular formula is C10H20N2O3. The molecule has 0 aromatic heterocycles. The molecule has 5 heteroatoms. The maximum absolute atomic E-state index is 11.7. The van der Waals surface area contributed by atoms with Crippen molar-refractivity contribution >= 4 is 5.91 Å². The van der Waals surface area contributed by atoms with Crippen molar-refractivity contribution in [3.8, 4) is 0 Å². The van der Waals surface area contributed by atoms with Crippen LogP contribution in [0.15, 0.2) is 0 Å². The molecule has 0 aromatic rings. The lowest BCUT2D eigenvalue weighted by Crippen LogP contribution is -2.56. The number of carbonyl (C=O) groups excluding carboxylic acids is 1. The van der Waals surface area contributed by atoms with Gasteiger partial charge in [0.1, 0.15) is 5.60 Å². The average molecular weight is 216 g/mol. The fraction of sp³-hybridized carbons (Fsp3) is 0.900. The second-order valence-electron chi connectivity index (χ2n) is 4.89. The van der Waals surface area contributed by atoms with Crippen molar-refractivity contribution in [2.75, 3.05) is 13.2 Å². The number of nitrogens with two attached hydrogens (primary N) is 1. The highest BCUT2D eigenvalue weighted by molar-refractivity contribution is 5.86. The summed E-state index contributed by atoms with van der Waals surface area (Å²) >= 11 is 0. The lowest BCUT2D eigenvalue weighted by Gasteiger charge is -2.26. The van der Waals surface area contributed by atoms with E-state index in [1.807, 2.05) is 0 Å². The van der Waals surface area contributed by atoms with Gasteiger partial charge in [-0.15, -0.1) is 0 Å². The van der Waals surface area contributed by atoms with Gasteiger partial charge in [-0.25, -0.2) is 0 Å². The van der Waals surface area contributed by atoms with Gasteiger partial charge in [-0.05, 0) is 32.6 Å². The van der Waals surface area contributed by atoms with Crippen LogP contribution in [0.2, 0.25) is 0 Å². The molecule has 0 aliphatic heterocycles. The molecule has 0 spiro atoms. The number of nitrogens with one attached hydrogen (secondary N) is 1. The van der Waals surface area contributed by atoms with Crippen LogP contribution >= 0.6 is 0 Å². The fourth-order valence-corrected chi connectivity index (χ4v) is 1.39. The minimum absolute atomic E-state index is 0.0157. The maximum Gasteiger partial charge on any atom is 0.240 e. The molecular weight excluding hydrogens is 196 g/mol. The number of hydrogen-bond donors (Lipinski definition) is 4. The Hall–Kier alpha value is -0.650. The molecule has 2 atom stereocenters. The predicted molar refractivity (Wildman–Crippen MR) is 56.0 cm³/mol. The SMILES string of the molecule is CC(O)(CO)CNC(=O)C(C)(N)C1CC1. The summed E-state index contributed by atoms with van der Waals surface area (Å²) in [6.07, 6.45) is 1.97. The molecule has 1 fully saturated rings. The topological polar surface area (TPSA) is 95.6 Å². The van der Waals surface area contributed by atoms with Crippen LogP contribution in [0.4, 0.5) is 0 Å². The fourth-order valence-electron chi connectivity index (χ4n) is 1.39. The molecule has 88 valence electrons. The Labute approximate surface area is 89.7 Å². The van der Waals surface area contributed by atoms with E-state index in [4.69, 9.17) is 10.8 Å². The van der Waals surface area contributed by atoms with E-state index in [9.17, 15) is 9.90 Å². The molecule has 5 nitrogen and oxygen atoms in total. The highest BCUT2D eigenvalue weighted by atomic mass is 16.3. The number of hydrogen-bond acceptors (Lipinski definition) is 4. The van der Waals surface area contributed by atoms with Crippen LogP contribution in [0.1, 0.15) is 26.7 Å². The lowest BCUT2D eigenvalue weighted by molar-refractivity contribution is -0.128. The van der Waals surface area contributed by atoms with Gasteiger partial charge in [0.15, 0.2) is 0 Å². The number of aliphatic hydroxyl groups excluding tert-OH is 1. The second kappa shape index (κ2) is 4.08. The van der Waals surface area contributed by atoms with Gasteiger partial charge >= 0.3 is 0 Å². The van der Waals surface area contributed by atoms with E-state index in [0.717, 1.165) is 12.8 Å². The first kappa shape index (κ1) is 12.4. The minimum Gasteiger partial charge on any atom is -0.393 e. The van der Waals surface area contributed by atoms with Crippen LogP contribution in [0.25, 0.3) is 0 Å². The number of carbonyl (C=O) groups is 1. The summed E-state index contributed by atoms with van der Waals surface area (Å²) in [5.41, 5.74) is 3.74. The zero-order valence-electron chi connectivity index (χ0n) is 9.29. The zero-order chi connectivity index (χ0) is 11.7. The largest absolute Gasteiger partial charge is 0.393 e. The molecule has 1 amide bonds. The van der Waals surface area contributed by atoms with E-state index >= 15 is 0 Å². The van der Waals surface area contributed by atoms with Gasteiger partial charge in [-0.1, -0.05) is 0 Å². The molecule has 0 saturated heterocycles. The van der Waals surface area contributed by atoms with E-state index in [-0.39, 0.29) is 18.4 Å². The van der Waals surface area contributed by atoms with Crippen LogP contribution in [-0.2, 0) is 4.79 Å². The molecule has 5 N–H and O–H groups in total. The molecule has 0 heterocycles. The van der Waals surface area contributed by atoms with Gasteiger partial charge < -0.3 is 21.3 Å². The standard InChI is InChI=1S/C10H20N2O3/c1-9(15,6-13)5-12-8(14)10(2,11)7-3-4-7/h7,13,15H,3-6,11H2,1-2H3,(H,12,14). The summed E-state index contributed by atoms with van der Waals surface area (Å²) < 4.78 is 0. The van der Waals surface area contributed by atoms with Crippen molar-refractivity contribution in [2.24, 2.45) is 11.7 Å². The zero-order valence-corrected chi connectivity index (χ0v) is 9.29. The Morgan fingerprint density at radius 2 is 2.07 bits per heavy atom. The Kier molecular flexibility index (Phi) is 3.38. The molecule has 15 heavy (non-hydrogen) atoms. The first-order valence-corrected chi connectivity index (χ1v) is 5.20. The smallest absolute Gasteiger partial charge is 0.240 e. The molecule has 2 unspecified atom stereocenters. The normalized spacial score (nSPS) is 24.1. The van der Waals surface area contributed by atoms with Crippen LogP contribution in [-0.4, -0.2) is 40.4 Å². The summed E-state index contributed by atoms with van der Waals surface area (Å²) in [6.45, 7) is 2.78. The highest BCUT2D eigenvalue weighted by Gasteiger charge is 2.44. The summed E-state index contributed by atoms with van der Waals surface area (Å²) in [5.74, 6) is -0.0182. The van der Waals surface area contributed by atoms with E-state index in [2.05, 4.69) is 5.32 Å². The van der Waals surface area contributed by atoms with Crippen LogP contribution in [0.3, 0.4) is 0 Å². The van der Waals surface area contributed by atoms with E-state index in [0.29, 0.717) is 0 Å². The highest BCUT2D eigenvalue weighted by Crippen LogP contribution is 2.38. The van der Waals surface area contributed by atoms with Gasteiger partial charge in [-0.3, -0.25) is 4.79 Å². The number of aliphatic hydroxyl groups is 2. The van der Waals surface area contributed by atoms with Crippen molar-refractivity contribution in [3.05, 3.63) is 0 Å². The molecule has 0 bridgehead atoms. The molecule has 1 aliphatic carbocycles. The summed E-state index contributed by atoms with van der Waals surface area (Å²) in [4.78, 5) is 11.7. The predicted octanol–water partition coefficient (Wildman–Crippen LogP) is -1.03. The summed E-state index contributed by atoms with van der Waals surface area (Å²) in [5, 5.41) is 20.8. The van der Waals surface area contributed by atoms with Crippen LogP contribution < -0.4 is 11.1 Å². The minimum atomic E-state index is -1.28. The lowest BCUT2D eigenvalue weighted by atomic mass is 9.96. The molecule has 0 aromatic carbocycles. The third kappa shape index (κ3) is 3.15. The van der Waals surface area contributed by atoms with Crippen molar-refractivity contribution in [3.63, 3.8) is 0 Å². The molecule has 1 rings (SSSR count). The second-order valence-corrected chi connectivity index (χ2v) is 4.89. The van der Waals surface area contributed by atoms with Crippen molar-refractivity contribution in [2.45, 2.75) is 37.8 Å². The van der Waals surface area contributed by atoms with Crippen LogP contribution in [0, 0.1) is 5.92 Å². The van der Waals surface area contributed by atoms with Crippen molar-refractivity contribution < 1.29 is 15.0 Å². The maximum atomic E-state index is 11.7. The first-order chi connectivity index (χ1) is 6.79.